The largest absolute Gasteiger partial charge is 0.378 e. The lowest BCUT2D eigenvalue weighted by atomic mass is 9.78. The molecule has 4 unspecified atom stereocenters. The Morgan fingerprint density at radius 2 is 1.71 bits per heavy atom. The van der Waals surface area contributed by atoms with Gasteiger partial charge in [0.05, 0.1) is 25.8 Å². The van der Waals surface area contributed by atoms with Crippen LogP contribution >= 0.6 is 0 Å². The highest BCUT2D eigenvalue weighted by molar-refractivity contribution is 5.81. The summed E-state index contributed by atoms with van der Waals surface area (Å²) in [6.45, 7) is 13.1. The van der Waals surface area contributed by atoms with E-state index in [2.05, 4.69) is 29.0 Å². The summed E-state index contributed by atoms with van der Waals surface area (Å²) in [5, 5.41) is 3.32. The van der Waals surface area contributed by atoms with Crippen LogP contribution in [-0.2, 0) is 14.3 Å². The fourth-order valence-corrected chi connectivity index (χ4v) is 4.67. The van der Waals surface area contributed by atoms with Gasteiger partial charge in [-0.2, -0.15) is 0 Å². The van der Waals surface area contributed by atoms with Crippen molar-refractivity contribution in [2.75, 3.05) is 59.0 Å². The van der Waals surface area contributed by atoms with Crippen LogP contribution in [0.25, 0.3) is 0 Å². The highest BCUT2D eigenvalue weighted by Gasteiger charge is 2.32. The van der Waals surface area contributed by atoms with E-state index in [1.807, 2.05) is 11.8 Å². The summed E-state index contributed by atoms with van der Waals surface area (Å²) in [5.74, 6) is 1.58. The van der Waals surface area contributed by atoms with Crippen molar-refractivity contribution < 1.29 is 14.3 Å². The van der Waals surface area contributed by atoms with E-state index in [0.29, 0.717) is 50.7 Å². The van der Waals surface area contributed by atoms with Gasteiger partial charge in [-0.25, -0.2) is 0 Å². The highest BCUT2D eigenvalue weighted by Crippen LogP contribution is 2.29. The number of amides is 2. The highest BCUT2D eigenvalue weighted by atomic mass is 16.5. The molecule has 1 aliphatic carbocycles. The number of carbonyl (C=O) groups is 2. The molecule has 28 heavy (non-hydrogen) atoms. The van der Waals surface area contributed by atoms with Gasteiger partial charge in [0.1, 0.15) is 0 Å². The third-order valence-corrected chi connectivity index (χ3v) is 7.09. The van der Waals surface area contributed by atoms with Gasteiger partial charge in [-0.3, -0.25) is 19.4 Å². The average Bonchev–Trinajstić information content (AvgIpc) is 2.72. The van der Waals surface area contributed by atoms with Crippen LogP contribution in [-0.4, -0.2) is 97.6 Å². The van der Waals surface area contributed by atoms with Gasteiger partial charge < -0.3 is 15.0 Å². The van der Waals surface area contributed by atoms with Crippen LogP contribution in [0.15, 0.2) is 0 Å². The third-order valence-electron chi connectivity index (χ3n) is 7.09. The average molecular weight is 395 g/mol. The molecule has 160 valence electrons. The Morgan fingerprint density at radius 1 is 1.04 bits per heavy atom. The second-order valence-electron chi connectivity index (χ2n) is 8.86. The lowest BCUT2D eigenvalue weighted by molar-refractivity contribution is -0.137. The van der Waals surface area contributed by atoms with Crippen molar-refractivity contribution in [3.63, 3.8) is 0 Å². The molecular formula is C21H38N4O3. The Morgan fingerprint density at radius 3 is 2.39 bits per heavy atom. The minimum atomic E-state index is -0.110. The van der Waals surface area contributed by atoms with Crippen molar-refractivity contribution in [2.24, 2.45) is 11.8 Å². The van der Waals surface area contributed by atoms with Crippen LogP contribution < -0.4 is 5.32 Å². The zero-order valence-electron chi connectivity index (χ0n) is 17.9. The second-order valence-corrected chi connectivity index (χ2v) is 8.86. The van der Waals surface area contributed by atoms with Gasteiger partial charge in [0.15, 0.2) is 0 Å². The molecule has 4 atom stereocenters. The number of rotatable bonds is 5. The van der Waals surface area contributed by atoms with E-state index in [1.165, 1.54) is 12.8 Å². The number of carbonyl (C=O) groups excluding carboxylic acids is 2. The first-order chi connectivity index (χ1) is 13.5. The van der Waals surface area contributed by atoms with Gasteiger partial charge in [0.2, 0.25) is 11.8 Å². The smallest absolute Gasteiger partial charge is 0.237 e. The van der Waals surface area contributed by atoms with Crippen LogP contribution in [0.4, 0.5) is 0 Å². The number of ether oxygens (including phenoxy) is 1. The summed E-state index contributed by atoms with van der Waals surface area (Å²) in [6.07, 6.45) is 3.58. The third kappa shape index (κ3) is 5.45. The van der Waals surface area contributed by atoms with Crippen LogP contribution in [0.1, 0.15) is 40.0 Å². The molecule has 3 aliphatic rings. The molecule has 1 saturated carbocycles. The van der Waals surface area contributed by atoms with Crippen LogP contribution in [0.5, 0.6) is 0 Å². The molecule has 7 nitrogen and oxygen atoms in total. The van der Waals surface area contributed by atoms with Crippen molar-refractivity contribution in [3.8, 4) is 0 Å². The van der Waals surface area contributed by atoms with Crippen LogP contribution in [0, 0.1) is 11.8 Å². The van der Waals surface area contributed by atoms with E-state index in [1.54, 1.807) is 0 Å². The molecule has 0 aromatic carbocycles. The maximum Gasteiger partial charge on any atom is 0.237 e. The van der Waals surface area contributed by atoms with Gasteiger partial charge in [-0.1, -0.05) is 26.7 Å². The number of hydrogen-bond donors (Lipinski definition) is 1. The number of morpholine rings is 1. The molecule has 7 heteroatoms. The van der Waals surface area contributed by atoms with E-state index in [0.717, 1.165) is 32.6 Å². The molecule has 2 heterocycles. The first-order valence-electron chi connectivity index (χ1n) is 11.1. The summed E-state index contributed by atoms with van der Waals surface area (Å²) in [4.78, 5) is 31.6. The van der Waals surface area contributed by atoms with E-state index >= 15 is 0 Å². The van der Waals surface area contributed by atoms with Gasteiger partial charge >= 0.3 is 0 Å². The number of nitrogens with one attached hydrogen (secondary N) is 1. The Hall–Kier alpha value is -1.18. The maximum atomic E-state index is 12.8. The Kier molecular flexibility index (Phi) is 7.71. The maximum absolute atomic E-state index is 12.8. The normalized spacial score (nSPS) is 31.4. The van der Waals surface area contributed by atoms with Crippen molar-refractivity contribution >= 4 is 11.8 Å². The molecule has 0 bridgehead atoms. The van der Waals surface area contributed by atoms with E-state index in [4.69, 9.17) is 4.74 Å². The van der Waals surface area contributed by atoms with E-state index < -0.39 is 0 Å². The van der Waals surface area contributed by atoms with Crippen molar-refractivity contribution in [1.82, 2.24) is 20.0 Å². The summed E-state index contributed by atoms with van der Waals surface area (Å²) < 4.78 is 5.32. The minimum Gasteiger partial charge on any atom is -0.378 e. The van der Waals surface area contributed by atoms with E-state index in [-0.39, 0.29) is 17.9 Å². The van der Waals surface area contributed by atoms with Gasteiger partial charge in [0.25, 0.3) is 0 Å². The predicted molar refractivity (Wildman–Crippen MR) is 109 cm³/mol. The number of hydrogen-bond acceptors (Lipinski definition) is 5. The molecule has 1 N–H and O–H groups in total. The number of nitrogens with zero attached hydrogens (tertiary/aromatic N) is 3. The molecule has 2 amide bonds. The van der Waals surface area contributed by atoms with Crippen molar-refractivity contribution in [1.29, 1.82) is 0 Å². The molecule has 0 radical (unpaired) electrons. The summed E-state index contributed by atoms with van der Waals surface area (Å²) in [6, 6.07) is 0.202. The van der Waals surface area contributed by atoms with Gasteiger partial charge in [0, 0.05) is 45.3 Å². The molecule has 2 aliphatic heterocycles. The standard InChI is InChI=1S/C21H38N4O3/c1-16-5-4-6-19(17(16)2)22-21(27)18(3)24-9-7-23(8-10-24)15-20(26)25-11-13-28-14-12-25/h16-19H,4-15H2,1-3H3,(H,22,27). The number of piperazine rings is 1. The Labute approximate surface area is 169 Å². The summed E-state index contributed by atoms with van der Waals surface area (Å²) in [5.41, 5.74) is 0. The zero-order chi connectivity index (χ0) is 20.1. The van der Waals surface area contributed by atoms with Gasteiger partial charge in [-0.05, 0) is 25.2 Å². The Bertz CT molecular complexity index is 530. The fraction of sp³-hybridized carbons (Fsp3) is 0.905. The Balaban J connectivity index is 1.41. The van der Waals surface area contributed by atoms with Gasteiger partial charge in [-0.15, -0.1) is 0 Å². The molecule has 0 spiro atoms. The lowest BCUT2D eigenvalue weighted by Crippen LogP contribution is -2.57. The van der Waals surface area contributed by atoms with Crippen LogP contribution in [0.3, 0.4) is 0 Å². The molecule has 0 aromatic heterocycles. The SMILES string of the molecule is CC1CCCC(NC(=O)C(C)N2CCN(CC(=O)N3CCOCC3)CC2)C1C. The molecule has 3 rings (SSSR count). The molecule has 3 fully saturated rings. The monoisotopic (exact) mass is 394 g/mol. The second kappa shape index (κ2) is 10.0. The molecule has 2 saturated heterocycles. The van der Waals surface area contributed by atoms with E-state index in [9.17, 15) is 9.59 Å². The van der Waals surface area contributed by atoms with Crippen molar-refractivity contribution in [2.45, 2.75) is 52.1 Å². The predicted octanol–water partition coefficient (Wildman–Crippen LogP) is 0.792. The van der Waals surface area contributed by atoms with Crippen LogP contribution in [0.2, 0.25) is 0 Å². The minimum absolute atomic E-state index is 0.110. The first kappa shape index (κ1) is 21.5. The lowest BCUT2D eigenvalue weighted by Gasteiger charge is -2.39. The summed E-state index contributed by atoms with van der Waals surface area (Å²) >= 11 is 0. The topological polar surface area (TPSA) is 65.1 Å². The fourth-order valence-electron chi connectivity index (χ4n) is 4.67. The molecule has 0 aromatic rings. The zero-order valence-corrected chi connectivity index (χ0v) is 17.9. The quantitative estimate of drug-likeness (QED) is 0.747. The summed E-state index contributed by atoms with van der Waals surface area (Å²) in [7, 11) is 0. The van der Waals surface area contributed by atoms with Crippen molar-refractivity contribution in [3.05, 3.63) is 0 Å². The first-order valence-corrected chi connectivity index (χ1v) is 11.1. The molecular weight excluding hydrogens is 356 g/mol.